The Morgan fingerprint density at radius 1 is 0.968 bits per heavy atom. The number of hydrazone groups is 1. The molecule has 0 spiro atoms. The fourth-order valence-corrected chi connectivity index (χ4v) is 5.29. The summed E-state index contributed by atoms with van der Waals surface area (Å²) in [5.41, 5.74) is 6.57. The first-order chi connectivity index (χ1) is 15.2. The zero-order chi connectivity index (χ0) is 21.5. The predicted octanol–water partition coefficient (Wildman–Crippen LogP) is 5.29. The highest BCUT2D eigenvalue weighted by Crippen LogP contribution is 2.39. The summed E-state index contributed by atoms with van der Waals surface area (Å²) in [4.78, 5) is 26.9. The van der Waals surface area contributed by atoms with Crippen molar-refractivity contribution in [3.05, 3.63) is 71.3 Å². The van der Waals surface area contributed by atoms with E-state index in [1.54, 1.807) is 11.8 Å². The maximum Gasteiger partial charge on any atom is 0.271 e. The maximum atomic E-state index is 12.5. The zero-order valence-corrected chi connectivity index (χ0v) is 18.6. The van der Waals surface area contributed by atoms with Crippen LogP contribution in [0.2, 0.25) is 0 Å². The van der Waals surface area contributed by atoms with Gasteiger partial charge in [0.25, 0.3) is 5.91 Å². The lowest BCUT2D eigenvalue weighted by molar-refractivity contribution is -0.128. The van der Waals surface area contributed by atoms with Crippen molar-refractivity contribution < 1.29 is 9.59 Å². The third kappa shape index (κ3) is 5.76. The van der Waals surface area contributed by atoms with Crippen LogP contribution in [-0.2, 0) is 11.3 Å². The van der Waals surface area contributed by atoms with Crippen molar-refractivity contribution in [3.63, 3.8) is 0 Å². The van der Waals surface area contributed by atoms with Gasteiger partial charge in [0.15, 0.2) is 0 Å². The van der Waals surface area contributed by atoms with Crippen LogP contribution in [0, 0.1) is 0 Å². The van der Waals surface area contributed by atoms with E-state index in [2.05, 4.69) is 10.5 Å². The van der Waals surface area contributed by atoms with Crippen LogP contribution in [0.3, 0.4) is 0 Å². The van der Waals surface area contributed by atoms with Gasteiger partial charge in [-0.25, -0.2) is 5.43 Å². The summed E-state index contributed by atoms with van der Waals surface area (Å²) in [6.45, 7) is 0.594. The highest BCUT2D eigenvalue weighted by molar-refractivity contribution is 8.00. The van der Waals surface area contributed by atoms with Crippen LogP contribution < -0.4 is 5.43 Å². The fraction of sp³-hybridized carbons (Fsp3) is 0.400. The zero-order valence-electron chi connectivity index (χ0n) is 17.8. The molecule has 1 saturated heterocycles. The minimum atomic E-state index is -0.183. The Morgan fingerprint density at radius 2 is 1.65 bits per heavy atom. The van der Waals surface area contributed by atoms with E-state index < -0.39 is 0 Å². The smallest absolute Gasteiger partial charge is 0.271 e. The van der Waals surface area contributed by atoms with E-state index in [4.69, 9.17) is 0 Å². The molecule has 1 heterocycles. The van der Waals surface area contributed by atoms with Crippen molar-refractivity contribution in [2.45, 2.75) is 56.9 Å². The number of carbonyl (C=O) groups excluding carboxylic acids is 2. The summed E-state index contributed by atoms with van der Waals surface area (Å²) in [6, 6.07) is 17.6. The molecule has 0 bridgehead atoms. The van der Waals surface area contributed by atoms with Gasteiger partial charge >= 0.3 is 0 Å². The van der Waals surface area contributed by atoms with Gasteiger partial charge in [-0.3, -0.25) is 9.59 Å². The van der Waals surface area contributed by atoms with Crippen molar-refractivity contribution in [2.24, 2.45) is 5.10 Å². The van der Waals surface area contributed by atoms with Crippen LogP contribution in [-0.4, -0.2) is 28.2 Å². The highest BCUT2D eigenvalue weighted by Gasteiger charge is 2.32. The van der Waals surface area contributed by atoms with Gasteiger partial charge in [0.2, 0.25) is 5.91 Å². The summed E-state index contributed by atoms with van der Waals surface area (Å²) < 4.78 is 0. The van der Waals surface area contributed by atoms with Crippen LogP contribution >= 0.6 is 11.8 Å². The van der Waals surface area contributed by atoms with Gasteiger partial charge in [0.1, 0.15) is 5.37 Å². The Balaban J connectivity index is 1.39. The average Bonchev–Trinajstić information content (AvgIpc) is 3.14. The molecule has 1 saturated carbocycles. The number of hydrogen-bond acceptors (Lipinski definition) is 4. The van der Waals surface area contributed by atoms with Gasteiger partial charge in [-0.1, -0.05) is 61.7 Å². The van der Waals surface area contributed by atoms with Crippen molar-refractivity contribution >= 4 is 29.3 Å². The molecule has 2 aliphatic rings. The molecule has 1 aliphatic carbocycles. The van der Waals surface area contributed by atoms with Gasteiger partial charge in [0.05, 0.1) is 5.75 Å². The quantitative estimate of drug-likeness (QED) is 0.649. The molecule has 1 aliphatic heterocycles. The van der Waals surface area contributed by atoms with E-state index in [9.17, 15) is 9.59 Å². The summed E-state index contributed by atoms with van der Waals surface area (Å²) >= 11 is 1.63. The molecule has 2 amide bonds. The van der Waals surface area contributed by atoms with Gasteiger partial charge in [-0.05, 0) is 48.9 Å². The number of rotatable bonds is 5. The second-order valence-corrected chi connectivity index (χ2v) is 9.25. The minimum absolute atomic E-state index is 0.0278. The largest absolute Gasteiger partial charge is 0.322 e. The first kappa shape index (κ1) is 21.6. The number of benzene rings is 2. The van der Waals surface area contributed by atoms with Crippen molar-refractivity contribution in [2.75, 3.05) is 5.75 Å². The molecule has 0 aromatic heterocycles. The van der Waals surface area contributed by atoms with Gasteiger partial charge in [-0.2, -0.15) is 5.10 Å². The lowest BCUT2D eigenvalue weighted by Gasteiger charge is -2.24. The molecule has 31 heavy (non-hydrogen) atoms. The van der Waals surface area contributed by atoms with E-state index in [1.807, 2.05) is 59.5 Å². The van der Waals surface area contributed by atoms with Crippen molar-refractivity contribution in [1.82, 2.24) is 10.3 Å². The number of amides is 2. The summed E-state index contributed by atoms with van der Waals surface area (Å²) in [5.74, 6) is 0.449. The molecule has 0 unspecified atom stereocenters. The van der Waals surface area contributed by atoms with Crippen molar-refractivity contribution in [1.29, 1.82) is 0 Å². The van der Waals surface area contributed by atoms with Crippen LogP contribution in [0.4, 0.5) is 0 Å². The number of carbonyl (C=O) groups is 2. The van der Waals surface area contributed by atoms with E-state index >= 15 is 0 Å². The molecular formula is C25H29N3O2S. The van der Waals surface area contributed by atoms with E-state index in [1.165, 1.54) is 19.3 Å². The van der Waals surface area contributed by atoms with Crippen LogP contribution in [0.15, 0.2) is 59.7 Å². The number of thioether (sulfide) groups is 1. The Hall–Kier alpha value is -2.60. The van der Waals surface area contributed by atoms with Crippen LogP contribution in [0.25, 0.3) is 0 Å². The molecule has 5 nitrogen and oxygen atoms in total. The fourth-order valence-electron chi connectivity index (χ4n) is 4.10. The second-order valence-electron chi connectivity index (χ2n) is 8.18. The SMILES string of the molecule is O=C(NN=C1CCCCCCC1)c1ccc([C@H]2SCC(=O)N2Cc2ccccc2)cc1. The van der Waals surface area contributed by atoms with Crippen LogP contribution in [0.5, 0.6) is 0 Å². The summed E-state index contributed by atoms with van der Waals surface area (Å²) in [7, 11) is 0. The number of hydrogen-bond donors (Lipinski definition) is 1. The van der Waals surface area contributed by atoms with E-state index in [0.717, 1.165) is 42.5 Å². The van der Waals surface area contributed by atoms with E-state index in [-0.39, 0.29) is 17.2 Å². The molecule has 1 N–H and O–H groups in total. The van der Waals surface area contributed by atoms with Gasteiger partial charge < -0.3 is 4.90 Å². The summed E-state index contributed by atoms with van der Waals surface area (Å²) in [6.07, 6.45) is 8.06. The standard InChI is InChI=1S/C25H29N3O2S/c29-23-18-31-25(28(23)17-19-9-5-4-6-10-19)21-15-13-20(14-16-21)24(30)27-26-22-11-7-2-1-3-8-12-22/h4-6,9-10,13-16,25H,1-3,7-8,11-12,17-18H2,(H,27,30)/t25-/m1/s1. The lowest BCUT2D eigenvalue weighted by Crippen LogP contribution is -2.27. The molecule has 2 fully saturated rings. The van der Waals surface area contributed by atoms with Crippen molar-refractivity contribution in [3.8, 4) is 0 Å². The molecule has 162 valence electrons. The highest BCUT2D eigenvalue weighted by atomic mass is 32.2. The monoisotopic (exact) mass is 435 g/mol. The average molecular weight is 436 g/mol. The molecule has 0 radical (unpaired) electrons. The van der Waals surface area contributed by atoms with Gasteiger partial charge in [0, 0.05) is 17.8 Å². The van der Waals surface area contributed by atoms with E-state index in [0.29, 0.717) is 17.9 Å². The normalized spacial score (nSPS) is 19.6. The molecule has 2 aromatic rings. The molecular weight excluding hydrogens is 406 g/mol. The topological polar surface area (TPSA) is 61.8 Å². The van der Waals surface area contributed by atoms with Gasteiger partial charge in [-0.15, -0.1) is 11.8 Å². The third-order valence-corrected chi connectivity index (χ3v) is 7.12. The number of nitrogens with one attached hydrogen (secondary N) is 1. The second kappa shape index (κ2) is 10.6. The lowest BCUT2D eigenvalue weighted by atomic mass is 9.99. The Kier molecular flexibility index (Phi) is 7.41. The maximum absolute atomic E-state index is 12.5. The predicted molar refractivity (Wildman–Crippen MR) is 126 cm³/mol. The Morgan fingerprint density at radius 3 is 2.35 bits per heavy atom. The first-order valence-corrected chi connectivity index (χ1v) is 12.2. The molecule has 1 atom stereocenters. The molecule has 4 rings (SSSR count). The summed E-state index contributed by atoms with van der Waals surface area (Å²) in [5, 5.41) is 4.36. The molecule has 6 heteroatoms. The minimum Gasteiger partial charge on any atom is -0.322 e. The van der Waals surface area contributed by atoms with Crippen LogP contribution in [0.1, 0.15) is 71.8 Å². The molecule has 2 aromatic carbocycles. The first-order valence-electron chi connectivity index (χ1n) is 11.1. The Labute approximate surface area is 188 Å². The number of nitrogens with zero attached hydrogens (tertiary/aromatic N) is 2. The Bertz CT molecular complexity index is 918. The third-order valence-electron chi connectivity index (χ3n) is 5.87.